The van der Waals surface area contributed by atoms with E-state index in [1.807, 2.05) is 26.8 Å². The molecule has 0 fully saturated rings. The van der Waals surface area contributed by atoms with Gasteiger partial charge in [0.25, 0.3) is 5.69 Å². The summed E-state index contributed by atoms with van der Waals surface area (Å²) in [6.07, 6.45) is 0. The number of carbonyl (C=O) groups excluding carboxylic acids is 1. The van der Waals surface area contributed by atoms with Crippen molar-refractivity contribution in [3.63, 3.8) is 0 Å². The second kappa shape index (κ2) is 5.72. The van der Waals surface area contributed by atoms with Gasteiger partial charge >= 0.3 is 5.97 Å². The smallest absolute Gasteiger partial charge is 0.355 e. The maximum atomic E-state index is 11.9. The molecule has 6 nitrogen and oxygen atoms in total. The largest absolute Gasteiger partial charge is 0.461 e. The summed E-state index contributed by atoms with van der Waals surface area (Å²) in [6, 6.07) is 3.39. The number of hydrogen-bond donors (Lipinski definition) is 1. The van der Waals surface area contributed by atoms with Crippen LogP contribution in [0.1, 0.15) is 43.7 Å². The number of hydrogen-bond acceptors (Lipinski definition) is 4. The van der Waals surface area contributed by atoms with E-state index in [0.29, 0.717) is 15.4 Å². The third-order valence-corrected chi connectivity index (χ3v) is 4.19. The Kier molecular flexibility index (Phi) is 4.28. The van der Waals surface area contributed by atoms with Crippen molar-refractivity contribution in [2.24, 2.45) is 0 Å². The van der Waals surface area contributed by atoms with Crippen LogP contribution in [-0.2, 0) is 10.2 Å². The quantitative estimate of drug-likeness (QED) is 0.496. The van der Waals surface area contributed by atoms with Crippen LogP contribution < -0.4 is 0 Å². The molecule has 1 heterocycles. The lowest BCUT2D eigenvalue weighted by Crippen LogP contribution is -2.11. The predicted octanol–water partition coefficient (Wildman–Crippen LogP) is 4.31. The summed E-state index contributed by atoms with van der Waals surface area (Å²) in [6.45, 7) is 7.87. The molecule has 2 aromatic rings. The van der Waals surface area contributed by atoms with E-state index in [-0.39, 0.29) is 23.4 Å². The second-order valence-corrected chi connectivity index (χ2v) is 6.75. The molecule has 118 valence electrons. The Morgan fingerprint density at radius 2 is 2.05 bits per heavy atom. The Hall–Kier alpha value is -1.89. The van der Waals surface area contributed by atoms with Crippen molar-refractivity contribution >= 4 is 38.5 Å². The van der Waals surface area contributed by atoms with Crippen LogP contribution in [0, 0.1) is 10.1 Å². The molecule has 1 aromatic carbocycles. The van der Waals surface area contributed by atoms with E-state index in [1.165, 1.54) is 0 Å². The molecule has 22 heavy (non-hydrogen) atoms. The minimum atomic E-state index is -0.544. The van der Waals surface area contributed by atoms with E-state index < -0.39 is 10.9 Å². The van der Waals surface area contributed by atoms with Crippen LogP contribution in [0.4, 0.5) is 5.69 Å². The monoisotopic (exact) mass is 368 g/mol. The third kappa shape index (κ3) is 2.85. The Balaban J connectivity index is 2.78. The first-order valence-electron chi connectivity index (χ1n) is 6.84. The molecule has 2 rings (SSSR count). The van der Waals surface area contributed by atoms with Crippen LogP contribution in [0.5, 0.6) is 0 Å². The van der Waals surface area contributed by atoms with Crippen molar-refractivity contribution in [2.45, 2.75) is 33.1 Å². The molecule has 0 bridgehead atoms. The molecule has 0 radical (unpaired) electrons. The fraction of sp³-hybridized carbons (Fsp3) is 0.400. The average molecular weight is 369 g/mol. The highest BCUT2D eigenvalue weighted by Gasteiger charge is 2.26. The van der Waals surface area contributed by atoms with Crippen molar-refractivity contribution in [3.05, 3.63) is 38.0 Å². The second-order valence-electron chi connectivity index (χ2n) is 5.96. The van der Waals surface area contributed by atoms with Crippen molar-refractivity contribution in [3.8, 4) is 0 Å². The van der Waals surface area contributed by atoms with Crippen molar-refractivity contribution in [1.82, 2.24) is 4.98 Å². The molecule has 0 aliphatic rings. The Labute approximate surface area is 136 Å². The number of aromatic amines is 1. The number of rotatable bonds is 3. The number of fused-ring (bicyclic) bond motifs is 1. The van der Waals surface area contributed by atoms with Gasteiger partial charge in [-0.2, -0.15) is 0 Å². The molecular formula is C15H17BrN2O4. The van der Waals surface area contributed by atoms with Crippen LogP contribution in [0.2, 0.25) is 0 Å². The van der Waals surface area contributed by atoms with Gasteiger partial charge in [0, 0.05) is 11.5 Å². The molecule has 0 unspecified atom stereocenters. The van der Waals surface area contributed by atoms with E-state index in [2.05, 4.69) is 20.9 Å². The Bertz CT molecular complexity index is 759. The van der Waals surface area contributed by atoms with Gasteiger partial charge in [-0.25, -0.2) is 4.79 Å². The van der Waals surface area contributed by atoms with Gasteiger partial charge in [-0.15, -0.1) is 0 Å². The number of ether oxygens (including phenoxy) is 1. The number of nitrogens with zero attached hydrogens (tertiary/aromatic N) is 1. The topological polar surface area (TPSA) is 85.2 Å². The fourth-order valence-electron chi connectivity index (χ4n) is 2.17. The van der Waals surface area contributed by atoms with E-state index in [0.717, 1.165) is 5.56 Å². The highest BCUT2D eigenvalue weighted by molar-refractivity contribution is 9.10. The van der Waals surface area contributed by atoms with Crippen LogP contribution in [-0.4, -0.2) is 22.5 Å². The molecule has 0 aliphatic carbocycles. The van der Waals surface area contributed by atoms with E-state index in [1.54, 1.807) is 13.0 Å². The molecule has 1 N–H and O–H groups in total. The van der Waals surface area contributed by atoms with Crippen LogP contribution >= 0.6 is 15.9 Å². The molecule has 0 spiro atoms. The molecule has 0 atom stereocenters. The van der Waals surface area contributed by atoms with Gasteiger partial charge in [0.1, 0.15) is 11.2 Å². The molecule has 0 aliphatic heterocycles. The summed E-state index contributed by atoms with van der Waals surface area (Å²) < 4.78 is 5.45. The fourth-order valence-corrected chi connectivity index (χ4v) is 2.74. The number of aromatic nitrogens is 1. The number of carbonyl (C=O) groups is 1. The SMILES string of the molecule is CCOC(=O)c1[nH]c2c([N+](=O)[O-])cc(C(C)(C)C)cc2c1Br. The van der Waals surface area contributed by atoms with Gasteiger partial charge in [-0.3, -0.25) is 10.1 Å². The maximum Gasteiger partial charge on any atom is 0.355 e. The lowest BCUT2D eigenvalue weighted by atomic mass is 9.86. The first-order valence-corrected chi connectivity index (χ1v) is 7.63. The summed E-state index contributed by atoms with van der Waals surface area (Å²) in [5, 5.41) is 12.0. The predicted molar refractivity (Wildman–Crippen MR) is 87.3 cm³/mol. The summed E-state index contributed by atoms with van der Waals surface area (Å²) in [7, 11) is 0. The number of non-ortho nitro benzene ring substituents is 1. The normalized spacial score (nSPS) is 11.7. The number of H-pyrrole nitrogens is 1. The summed E-state index contributed by atoms with van der Waals surface area (Å²) in [4.78, 5) is 25.7. The molecule has 1 aromatic heterocycles. The third-order valence-electron chi connectivity index (χ3n) is 3.37. The number of halogens is 1. The number of nitrogens with one attached hydrogen (secondary N) is 1. The van der Waals surface area contributed by atoms with Gasteiger partial charge in [-0.1, -0.05) is 20.8 Å². The Morgan fingerprint density at radius 1 is 1.41 bits per heavy atom. The van der Waals surface area contributed by atoms with Crippen molar-refractivity contribution in [2.75, 3.05) is 6.61 Å². The van der Waals surface area contributed by atoms with Crippen LogP contribution in [0.3, 0.4) is 0 Å². The van der Waals surface area contributed by atoms with E-state index in [9.17, 15) is 14.9 Å². The zero-order valence-corrected chi connectivity index (χ0v) is 14.4. The van der Waals surface area contributed by atoms with E-state index >= 15 is 0 Å². The van der Waals surface area contributed by atoms with Gasteiger partial charge in [0.05, 0.1) is 16.0 Å². The Morgan fingerprint density at radius 3 is 2.55 bits per heavy atom. The average Bonchev–Trinajstić information content (AvgIpc) is 2.74. The van der Waals surface area contributed by atoms with Crippen molar-refractivity contribution in [1.29, 1.82) is 0 Å². The van der Waals surface area contributed by atoms with Crippen LogP contribution in [0.15, 0.2) is 16.6 Å². The number of nitro groups is 1. The minimum Gasteiger partial charge on any atom is -0.461 e. The number of nitro benzene ring substituents is 1. The molecule has 0 saturated carbocycles. The lowest BCUT2D eigenvalue weighted by molar-refractivity contribution is -0.383. The van der Waals surface area contributed by atoms with Gasteiger partial charge < -0.3 is 9.72 Å². The lowest BCUT2D eigenvalue weighted by Gasteiger charge is -2.18. The van der Waals surface area contributed by atoms with Crippen molar-refractivity contribution < 1.29 is 14.5 Å². The first-order chi connectivity index (χ1) is 10.2. The highest BCUT2D eigenvalue weighted by atomic mass is 79.9. The zero-order chi connectivity index (χ0) is 16.7. The van der Waals surface area contributed by atoms with Gasteiger partial charge in [0.2, 0.25) is 0 Å². The van der Waals surface area contributed by atoms with Gasteiger partial charge in [-0.05, 0) is 39.9 Å². The summed E-state index contributed by atoms with van der Waals surface area (Å²) in [5.74, 6) is -0.544. The van der Waals surface area contributed by atoms with E-state index in [4.69, 9.17) is 4.74 Å². The highest BCUT2D eigenvalue weighted by Crippen LogP contribution is 2.38. The summed E-state index contributed by atoms with van der Waals surface area (Å²) >= 11 is 3.35. The zero-order valence-electron chi connectivity index (χ0n) is 12.8. The number of benzene rings is 1. The minimum absolute atomic E-state index is 0.0568. The summed E-state index contributed by atoms with van der Waals surface area (Å²) in [5.41, 5.74) is 1.01. The standard InChI is InChI=1S/C15H17BrN2O4/c1-5-22-14(19)13-11(16)9-6-8(15(2,3)4)7-10(18(20)21)12(9)17-13/h6-7,17H,5H2,1-4H3. The van der Waals surface area contributed by atoms with Crippen LogP contribution in [0.25, 0.3) is 10.9 Å². The molecule has 0 saturated heterocycles. The molecular weight excluding hydrogens is 352 g/mol. The van der Waals surface area contributed by atoms with Gasteiger partial charge in [0.15, 0.2) is 0 Å². The number of esters is 1. The molecule has 0 amide bonds. The maximum absolute atomic E-state index is 11.9. The molecule has 7 heteroatoms. The first kappa shape index (κ1) is 16.5.